The average Bonchev–Trinajstić information content (AvgIpc) is 3.20. The van der Waals surface area contributed by atoms with Crippen molar-refractivity contribution in [3.05, 3.63) is 0 Å². The van der Waals surface area contributed by atoms with E-state index in [1.807, 2.05) is 0 Å². The zero-order valence-electron chi connectivity index (χ0n) is 19.9. The van der Waals surface area contributed by atoms with Gasteiger partial charge in [-0.05, 0) is 55.7 Å². The Labute approximate surface area is 183 Å². The van der Waals surface area contributed by atoms with E-state index in [1.54, 1.807) is 0 Å². The van der Waals surface area contributed by atoms with Gasteiger partial charge in [0.05, 0.1) is 13.2 Å². The van der Waals surface area contributed by atoms with Gasteiger partial charge in [0, 0.05) is 37.2 Å². The van der Waals surface area contributed by atoms with Gasteiger partial charge < -0.3 is 18.7 Å². The normalized spacial score (nSPS) is 33.8. The first-order valence-corrected chi connectivity index (χ1v) is 14.8. The minimum atomic E-state index is -1.81. The third-order valence-electron chi connectivity index (χ3n) is 8.53. The van der Waals surface area contributed by atoms with Gasteiger partial charge in [-0.15, -0.1) is 0 Å². The van der Waals surface area contributed by atoms with Gasteiger partial charge in [0.1, 0.15) is 12.1 Å². The van der Waals surface area contributed by atoms with Crippen LogP contribution >= 0.6 is 0 Å². The Kier molecular flexibility index (Phi) is 7.03. The number of ether oxygens (including phenoxy) is 2. The smallest absolute Gasteiger partial charge is 0.191 e. The van der Waals surface area contributed by atoms with Crippen LogP contribution in [0.3, 0.4) is 0 Å². The average molecular weight is 439 g/mol. The Bertz CT molecular complexity index is 634. The summed E-state index contributed by atoms with van der Waals surface area (Å²) in [6.45, 7) is 15.5. The molecule has 2 aliphatic carbocycles. The van der Waals surface area contributed by atoms with E-state index >= 15 is 0 Å². The van der Waals surface area contributed by atoms with Gasteiger partial charge in [-0.1, -0.05) is 27.7 Å². The minimum absolute atomic E-state index is 0.147. The Morgan fingerprint density at radius 1 is 1.23 bits per heavy atom. The molecule has 1 spiro atoms. The second-order valence-electron chi connectivity index (χ2n) is 11.4. The molecule has 0 bridgehead atoms. The van der Waals surface area contributed by atoms with Crippen LogP contribution in [0, 0.1) is 23.2 Å². The van der Waals surface area contributed by atoms with Crippen LogP contribution in [0.1, 0.15) is 72.6 Å². The summed E-state index contributed by atoms with van der Waals surface area (Å²) < 4.78 is 19.2. The second kappa shape index (κ2) is 8.76. The Balaban J connectivity index is 1.85. The van der Waals surface area contributed by atoms with Crippen LogP contribution in [0.25, 0.3) is 0 Å². The van der Waals surface area contributed by atoms with Gasteiger partial charge in [-0.25, -0.2) is 0 Å². The lowest BCUT2D eigenvalue weighted by molar-refractivity contribution is -0.290. The summed E-state index contributed by atoms with van der Waals surface area (Å²) >= 11 is 0. The molecule has 1 saturated heterocycles. The summed E-state index contributed by atoms with van der Waals surface area (Å²) in [5, 5.41) is 0.183. The molecule has 172 valence electrons. The van der Waals surface area contributed by atoms with E-state index in [2.05, 4.69) is 40.8 Å². The molecule has 30 heavy (non-hydrogen) atoms. The maximum Gasteiger partial charge on any atom is 0.191 e. The van der Waals surface area contributed by atoms with Crippen molar-refractivity contribution in [2.45, 2.75) is 96.6 Å². The van der Waals surface area contributed by atoms with Gasteiger partial charge in [0.2, 0.25) is 0 Å². The van der Waals surface area contributed by atoms with Crippen molar-refractivity contribution >= 4 is 20.4 Å². The first-order valence-electron chi connectivity index (χ1n) is 11.9. The predicted octanol–water partition coefficient (Wildman–Crippen LogP) is 5.13. The van der Waals surface area contributed by atoms with Crippen LogP contribution in [0.4, 0.5) is 0 Å². The van der Waals surface area contributed by atoms with E-state index in [0.29, 0.717) is 50.8 Å². The first kappa shape index (κ1) is 24.1. The van der Waals surface area contributed by atoms with E-state index < -0.39 is 14.1 Å². The molecule has 4 atom stereocenters. The predicted molar refractivity (Wildman–Crippen MR) is 120 cm³/mol. The van der Waals surface area contributed by atoms with E-state index in [9.17, 15) is 9.59 Å². The Morgan fingerprint density at radius 2 is 1.90 bits per heavy atom. The van der Waals surface area contributed by atoms with Crippen LogP contribution in [0.2, 0.25) is 18.1 Å². The van der Waals surface area contributed by atoms with E-state index in [1.165, 1.54) is 0 Å². The van der Waals surface area contributed by atoms with Crippen molar-refractivity contribution in [2.24, 2.45) is 23.2 Å². The summed E-state index contributed by atoms with van der Waals surface area (Å²) in [6, 6.07) is 0. The maximum absolute atomic E-state index is 13.2. The monoisotopic (exact) mass is 438 g/mol. The van der Waals surface area contributed by atoms with E-state index in [-0.39, 0.29) is 22.3 Å². The molecular formula is C24H42O5Si. The zero-order chi connectivity index (χ0) is 22.2. The van der Waals surface area contributed by atoms with Crippen molar-refractivity contribution in [2.75, 3.05) is 19.8 Å². The topological polar surface area (TPSA) is 61.8 Å². The summed E-state index contributed by atoms with van der Waals surface area (Å²) in [5.41, 5.74) is -0.326. The molecule has 5 nitrogen and oxygen atoms in total. The molecule has 6 heteroatoms. The first-order chi connectivity index (χ1) is 14.0. The fourth-order valence-electron chi connectivity index (χ4n) is 6.20. The highest BCUT2D eigenvalue weighted by atomic mass is 28.4. The highest BCUT2D eigenvalue weighted by Crippen LogP contribution is 2.65. The summed E-state index contributed by atoms with van der Waals surface area (Å²) in [4.78, 5) is 24.3. The molecule has 1 aliphatic heterocycles. The van der Waals surface area contributed by atoms with Crippen LogP contribution < -0.4 is 0 Å². The molecule has 0 N–H and O–H groups in total. The number of hydrogen-bond acceptors (Lipinski definition) is 5. The molecule has 0 aromatic carbocycles. The molecule has 3 aliphatic rings. The van der Waals surface area contributed by atoms with E-state index in [0.717, 1.165) is 32.0 Å². The van der Waals surface area contributed by atoms with Crippen molar-refractivity contribution in [3.63, 3.8) is 0 Å². The summed E-state index contributed by atoms with van der Waals surface area (Å²) in [6.07, 6.45) is 6.25. The van der Waals surface area contributed by atoms with Crippen LogP contribution in [0.15, 0.2) is 0 Å². The lowest BCUT2D eigenvalue weighted by Gasteiger charge is -2.55. The number of rotatable bonds is 8. The number of hydrogen-bond donors (Lipinski definition) is 0. The third kappa shape index (κ3) is 4.09. The quantitative estimate of drug-likeness (QED) is 0.299. The molecular weight excluding hydrogens is 396 g/mol. The molecule has 3 fully saturated rings. The lowest BCUT2D eigenvalue weighted by Crippen LogP contribution is -2.59. The van der Waals surface area contributed by atoms with Gasteiger partial charge in [-0.2, -0.15) is 0 Å². The Hall–Kier alpha value is -0.563. The number of Topliss-reactive ketones (excluding diaryl/α,β-unsaturated/α-hetero) is 1. The van der Waals surface area contributed by atoms with E-state index in [4.69, 9.17) is 13.9 Å². The number of carbonyl (C=O) groups is 2. The molecule has 0 aromatic rings. The summed E-state index contributed by atoms with van der Waals surface area (Å²) in [5.74, 6) is 0.232. The molecule has 2 saturated carbocycles. The highest BCUT2D eigenvalue weighted by molar-refractivity contribution is 6.74. The third-order valence-corrected chi connectivity index (χ3v) is 13.1. The molecule has 0 radical (unpaired) electrons. The number of carbonyl (C=O) groups excluding carboxylic acids is 2. The molecule has 0 amide bonds. The van der Waals surface area contributed by atoms with Crippen molar-refractivity contribution in [3.8, 4) is 0 Å². The minimum Gasteiger partial charge on any atom is -0.417 e. The fraction of sp³-hybridized carbons (Fsp3) is 0.917. The zero-order valence-corrected chi connectivity index (χ0v) is 20.9. The molecule has 0 unspecified atom stereocenters. The summed E-state index contributed by atoms with van der Waals surface area (Å²) in [7, 11) is -1.81. The van der Waals surface area contributed by atoms with Crippen LogP contribution in [-0.2, 0) is 23.5 Å². The largest absolute Gasteiger partial charge is 0.417 e. The van der Waals surface area contributed by atoms with Crippen molar-refractivity contribution in [1.29, 1.82) is 0 Å². The van der Waals surface area contributed by atoms with Gasteiger partial charge in [0.15, 0.2) is 14.1 Å². The van der Waals surface area contributed by atoms with Gasteiger partial charge in [-0.3, -0.25) is 4.79 Å². The van der Waals surface area contributed by atoms with Gasteiger partial charge >= 0.3 is 0 Å². The SMILES string of the molecule is C[C@@H]1C[C@H]2CC(=O)[C@H](CCC=O)[C@@]2(CCCO[Si](C)(C)C(C)(C)C)C2(C1)OCCO2. The number of aldehydes is 1. The fourth-order valence-corrected chi connectivity index (χ4v) is 7.29. The van der Waals surface area contributed by atoms with Gasteiger partial charge in [0.25, 0.3) is 0 Å². The second-order valence-corrected chi connectivity index (χ2v) is 16.2. The van der Waals surface area contributed by atoms with Crippen molar-refractivity contribution in [1.82, 2.24) is 0 Å². The van der Waals surface area contributed by atoms with Crippen LogP contribution in [-0.4, -0.2) is 46.0 Å². The number of fused-ring (bicyclic) bond motifs is 2. The highest BCUT2D eigenvalue weighted by Gasteiger charge is 2.69. The molecule has 3 rings (SSSR count). The molecule has 1 heterocycles. The Morgan fingerprint density at radius 3 is 2.50 bits per heavy atom. The molecule has 0 aromatic heterocycles. The lowest BCUT2D eigenvalue weighted by atomic mass is 9.55. The van der Waals surface area contributed by atoms with Crippen LogP contribution in [0.5, 0.6) is 0 Å². The number of ketones is 1. The maximum atomic E-state index is 13.2. The van der Waals surface area contributed by atoms with Crippen molar-refractivity contribution < 1.29 is 23.5 Å². The standard InChI is InChI=1S/C24H42O5Si/c1-18-15-19-16-21(26)20(9-7-11-25)23(19,24(17-18)27-13-14-28-24)10-8-12-29-30(5,6)22(2,3)4/h11,18-20H,7-10,12-17H2,1-6H3/t18-,19+,20+,23+/m1/s1.